The molecule has 0 unspecified atom stereocenters. The lowest BCUT2D eigenvalue weighted by Crippen LogP contribution is -1.98. The Bertz CT molecular complexity index is 592. The number of halogens is 1. The molecule has 0 bridgehead atoms. The third-order valence-electron chi connectivity index (χ3n) is 2.05. The summed E-state index contributed by atoms with van der Waals surface area (Å²) in [7, 11) is 1.56. The normalized spacial score (nSPS) is 9.76. The molecule has 0 amide bonds. The first-order chi connectivity index (χ1) is 8.24. The number of nitrogens with zero attached hydrogens (tertiary/aromatic N) is 4. The molecule has 0 saturated carbocycles. The molecule has 2 rings (SSSR count). The molecule has 0 fully saturated rings. The van der Waals surface area contributed by atoms with Crippen LogP contribution in [0.15, 0.2) is 29.5 Å². The van der Waals surface area contributed by atoms with Crippen LogP contribution in [0.4, 0.5) is 5.69 Å². The number of isothiocyanates is 1. The number of thiocarbonyl (C=S) groups is 1. The SMILES string of the molecule is COc1cc(N=C=S)ccc1-n1cnc(Cl)n1. The molecule has 1 aromatic heterocycles. The van der Waals surface area contributed by atoms with Gasteiger partial charge in [0.25, 0.3) is 0 Å². The average Bonchev–Trinajstić information content (AvgIpc) is 2.76. The second-order valence-electron chi connectivity index (χ2n) is 3.02. The minimum Gasteiger partial charge on any atom is -0.494 e. The van der Waals surface area contributed by atoms with Gasteiger partial charge in [0.1, 0.15) is 17.8 Å². The van der Waals surface area contributed by atoms with Crippen molar-refractivity contribution < 1.29 is 4.74 Å². The van der Waals surface area contributed by atoms with E-state index in [4.69, 9.17) is 16.3 Å². The Morgan fingerprint density at radius 3 is 2.94 bits per heavy atom. The van der Waals surface area contributed by atoms with E-state index in [1.807, 2.05) is 0 Å². The molecule has 1 heterocycles. The van der Waals surface area contributed by atoms with Crippen LogP contribution in [-0.4, -0.2) is 27.0 Å². The molecule has 0 spiro atoms. The zero-order valence-electron chi connectivity index (χ0n) is 8.79. The van der Waals surface area contributed by atoms with E-state index in [9.17, 15) is 0 Å². The van der Waals surface area contributed by atoms with Gasteiger partial charge in [-0.05, 0) is 36.0 Å². The lowest BCUT2D eigenvalue weighted by Gasteiger charge is -2.07. The zero-order valence-corrected chi connectivity index (χ0v) is 10.4. The van der Waals surface area contributed by atoms with Crippen molar-refractivity contribution in [1.29, 1.82) is 0 Å². The average molecular weight is 267 g/mol. The Kier molecular flexibility index (Phi) is 3.49. The molecule has 1 aromatic carbocycles. The van der Waals surface area contributed by atoms with Crippen LogP contribution < -0.4 is 4.74 Å². The van der Waals surface area contributed by atoms with Crippen molar-refractivity contribution in [3.8, 4) is 11.4 Å². The number of aliphatic imine (C=N–C) groups is 1. The van der Waals surface area contributed by atoms with Gasteiger partial charge in [-0.3, -0.25) is 0 Å². The van der Waals surface area contributed by atoms with E-state index in [2.05, 4.69) is 32.5 Å². The van der Waals surface area contributed by atoms with E-state index in [-0.39, 0.29) is 5.28 Å². The van der Waals surface area contributed by atoms with Crippen LogP contribution in [-0.2, 0) is 0 Å². The third kappa shape index (κ3) is 2.50. The van der Waals surface area contributed by atoms with Crippen molar-refractivity contribution in [2.24, 2.45) is 4.99 Å². The van der Waals surface area contributed by atoms with Crippen LogP contribution in [0, 0.1) is 0 Å². The lowest BCUT2D eigenvalue weighted by molar-refractivity contribution is 0.412. The van der Waals surface area contributed by atoms with E-state index in [1.165, 1.54) is 11.0 Å². The summed E-state index contributed by atoms with van der Waals surface area (Å²) in [6.07, 6.45) is 1.50. The highest BCUT2D eigenvalue weighted by atomic mass is 35.5. The Hall–Kier alpha value is -1.75. The van der Waals surface area contributed by atoms with Gasteiger partial charge in [-0.25, -0.2) is 9.67 Å². The van der Waals surface area contributed by atoms with Gasteiger partial charge in [0, 0.05) is 6.07 Å². The van der Waals surface area contributed by atoms with Gasteiger partial charge in [0.2, 0.25) is 5.28 Å². The highest BCUT2D eigenvalue weighted by molar-refractivity contribution is 7.78. The van der Waals surface area contributed by atoms with E-state index < -0.39 is 0 Å². The van der Waals surface area contributed by atoms with Crippen molar-refractivity contribution >= 4 is 34.7 Å². The fourth-order valence-corrected chi connectivity index (χ4v) is 1.57. The summed E-state index contributed by atoms with van der Waals surface area (Å²) in [5.74, 6) is 0.595. The quantitative estimate of drug-likeness (QED) is 0.633. The standard InChI is InChI=1S/C10H7ClN4OS/c1-16-9-4-7(13-6-17)2-3-8(9)15-5-12-10(11)14-15/h2-5H,1H3. The Labute approximate surface area is 108 Å². The van der Waals surface area contributed by atoms with Crippen LogP contribution >= 0.6 is 23.8 Å². The minimum atomic E-state index is 0.174. The molecule has 86 valence electrons. The van der Waals surface area contributed by atoms with Crippen LogP contribution in [0.5, 0.6) is 5.75 Å². The third-order valence-corrected chi connectivity index (χ3v) is 2.31. The van der Waals surface area contributed by atoms with Crippen molar-refractivity contribution in [2.45, 2.75) is 0 Å². The lowest BCUT2D eigenvalue weighted by atomic mass is 10.2. The summed E-state index contributed by atoms with van der Waals surface area (Å²) in [6.45, 7) is 0. The molecule has 17 heavy (non-hydrogen) atoms. The number of rotatable bonds is 3. The first kappa shape index (κ1) is 11.7. The molecule has 0 saturated heterocycles. The smallest absolute Gasteiger partial charge is 0.242 e. The van der Waals surface area contributed by atoms with Gasteiger partial charge in [0.15, 0.2) is 0 Å². The largest absolute Gasteiger partial charge is 0.494 e. The van der Waals surface area contributed by atoms with Gasteiger partial charge in [-0.1, -0.05) is 0 Å². The Morgan fingerprint density at radius 1 is 1.53 bits per heavy atom. The summed E-state index contributed by atoms with van der Waals surface area (Å²) < 4.78 is 6.76. The minimum absolute atomic E-state index is 0.174. The Morgan fingerprint density at radius 2 is 2.35 bits per heavy atom. The van der Waals surface area contributed by atoms with Crippen LogP contribution in [0.1, 0.15) is 0 Å². The van der Waals surface area contributed by atoms with Crippen LogP contribution in [0.25, 0.3) is 5.69 Å². The molecular weight excluding hydrogens is 260 g/mol. The van der Waals surface area contributed by atoms with Crippen molar-refractivity contribution in [3.05, 3.63) is 29.8 Å². The van der Waals surface area contributed by atoms with Gasteiger partial charge in [-0.2, -0.15) is 4.99 Å². The van der Waals surface area contributed by atoms with Gasteiger partial charge >= 0.3 is 0 Å². The maximum Gasteiger partial charge on any atom is 0.242 e. The molecule has 7 heteroatoms. The topological polar surface area (TPSA) is 52.3 Å². The predicted molar refractivity (Wildman–Crippen MR) is 67.6 cm³/mol. The first-order valence-electron chi connectivity index (χ1n) is 4.58. The molecule has 0 aliphatic heterocycles. The summed E-state index contributed by atoms with van der Waals surface area (Å²) >= 11 is 10.2. The molecule has 5 nitrogen and oxygen atoms in total. The molecule has 0 aliphatic carbocycles. The highest BCUT2D eigenvalue weighted by Gasteiger charge is 2.08. The fourth-order valence-electron chi connectivity index (χ4n) is 1.34. The van der Waals surface area contributed by atoms with Gasteiger partial charge in [0.05, 0.1) is 18.0 Å². The molecule has 0 N–H and O–H groups in total. The van der Waals surface area contributed by atoms with Gasteiger partial charge in [-0.15, -0.1) is 5.10 Å². The maximum absolute atomic E-state index is 5.66. The number of benzene rings is 1. The van der Waals surface area contributed by atoms with Crippen LogP contribution in [0.2, 0.25) is 5.28 Å². The number of hydrogen-bond acceptors (Lipinski definition) is 5. The summed E-state index contributed by atoms with van der Waals surface area (Å²) in [5, 5.41) is 6.46. The van der Waals surface area contributed by atoms with Crippen molar-refractivity contribution in [1.82, 2.24) is 14.8 Å². The number of methoxy groups -OCH3 is 1. The summed E-state index contributed by atoms with van der Waals surface area (Å²) in [4.78, 5) is 7.71. The fraction of sp³-hybridized carbons (Fsp3) is 0.100. The predicted octanol–water partition coefficient (Wildman–Crippen LogP) is 2.66. The molecule has 0 atom stereocenters. The van der Waals surface area contributed by atoms with E-state index in [1.54, 1.807) is 25.3 Å². The zero-order chi connectivity index (χ0) is 12.3. The van der Waals surface area contributed by atoms with Crippen molar-refractivity contribution in [2.75, 3.05) is 7.11 Å². The number of hydrogen-bond donors (Lipinski definition) is 0. The molecule has 0 radical (unpaired) electrons. The highest BCUT2D eigenvalue weighted by Crippen LogP contribution is 2.27. The summed E-state index contributed by atoms with van der Waals surface area (Å²) in [5.41, 5.74) is 1.38. The van der Waals surface area contributed by atoms with Crippen LogP contribution in [0.3, 0.4) is 0 Å². The molecule has 0 aliphatic rings. The summed E-state index contributed by atoms with van der Waals surface area (Å²) in [6, 6.07) is 5.28. The van der Waals surface area contributed by atoms with Crippen molar-refractivity contribution in [3.63, 3.8) is 0 Å². The van der Waals surface area contributed by atoms with E-state index in [0.717, 1.165) is 5.69 Å². The Balaban J connectivity index is 2.51. The second kappa shape index (κ2) is 5.05. The van der Waals surface area contributed by atoms with E-state index >= 15 is 0 Å². The molecule has 2 aromatic rings. The first-order valence-corrected chi connectivity index (χ1v) is 5.36. The second-order valence-corrected chi connectivity index (χ2v) is 3.54. The van der Waals surface area contributed by atoms with E-state index in [0.29, 0.717) is 11.4 Å². The monoisotopic (exact) mass is 266 g/mol. The maximum atomic E-state index is 5.66. The number of aromatic nitrogens is 3. The number of ether oxygens (including phenoxy) is 1. The molecular formula is C10H7ClN4OS. The van der Waals surface area contributed by atoms with Gasteiger partial charge < -0.3 is 4.74 Å².